The maximum absolute atomic E-state index is 13.7. The summed E-state index contributed by atoms with van der Waals surface area (Å²) in [6.07, 6.45) is 1.09. The Morgan fingerprint density at radius 1 is 0.607 bits per heavy atom. The van der Waals surface area contributed by atoms with Crippen LogP contribution in [0.25, 0.3) is 0 Å². The quantitative estimate of drug-likeness (QED) is 0.0120. The van der Waals surface area contributed by atoms with Crippen LogP contribution < -0.4 is 54.0 Å². The van der Waals surface area contributed by atoms with Crippen molar-refractivity contribution in [1.29, 1.82) is 0 Å². The van der Waals surface area contributed by atoms with Gasteiger partial charge in [0.05, 0.1) is 39.8 Å². The van der Waals surface area contributed by atoms with Crippen molar-refractivity contribution in [2.24, 2.45) is 22.4 Å². The van der Waals surface area contributed by atoms with E-state index in [1.165, 1.54) is 34.6 Å². The van der Waals surface area contributed by atoms with Gasteiger partial charge in [0.15, 0.2) is 5.96 Å². The Morgan fingerprint density at radius 2 is 1.07 bits per heavy atom. The predicted molar refractivity (Wildman–Crippen MR) is 228 cm³/mol. The summed E-state index contributed by atoms with van der Waals surface area (Å²) >= 11 is 0. The van der Waals surface area contributed by atoms with Gasteiger partial charge in [-0.3, -0.25) is 43.3 Å². The second kappa shape index (κ2) is 27.5. The van der Waals surface area contributed by atoms with Crippen LogP contribution in [-0.2, 0) is 43.2 Å². The zero-order valence-electron chi connectivity index (χ0n) is 37.7. The number of aliphatic imine (C=N–C) groups is 1. The number of rotatable bonds is 28. The molecule has 0 heterocycles. The number of quaternary nitrogens is 1. The number of amides is 8. The number of guanidine groups is 1. The molecule has 0 fully saturated rings. The first kappa shape index (κ1) is 55.6. The fourth-order valence-electron chi connectivity index (χ4n) is 5.73. The molecule has 0 aromatic rings. The molecule has 9 atom stereocenters. The molecule has 0 spiro atoms. The van der Waals surface area contributed by atoms with Gasteiger partial charge in [-0.05, 0) is 72.1 Å². The third-order valence-corrected chi connectivity index (χ3v) is 9.27. The second-order valence-electron chi connectivity index (χ2n) is 16.6. The van der Waals surface area contributed by atoms with Crippen LogP contribution in [0.5, 0.6) is 0 Å². The zero-order valence-corrected chi connectivity index (χ0v) is 37.7. The summed E-state index contributed by atoms with van der Waals surface area (Å²) in [5.74, 6) is -6.36. The highest BCUT2D eigenvalue weighted by Crippen LogP contribution is 2.09. The number of aliphatic hydroxyl groups excluding tert-OH is 1. The smallest absolute Gasteiger partial charge is 0.245 e. The molecule has 0 saturated carbocycles. The van der Waals surface area contributed by atoms with Crippen LogP contribution in [-0.4, -0.2) is 158 Å². The van der Waals surface area contributed by atoms with E-state index in [1.54, 1.807) is 20.8 Å². The van der Waals surface area contributed by atoms with E-state index < -0.39 is 108 Å². The van der Waals surface area contributed by atoms with Gasteiger partial charge in [-0.2, -0.15) is 0 Å². The fraction of sp³-hybridized carbons (Fsp3) is 0.744. The Kier molecular flexibility index (Phi) is 25.0. The lowest BCUT2D eigenvalue weighted by Gasteiger charge is -2.28. The van der Waals surface area contributed by atoms with Crippen molar-refractivity contribution in [2.75, 3.05) is 34.2 Å². The molecule has 8 amide bonds. The molecule has 0 saturated heterocycles. The number of aldehydes is 1. The summed E-state index contributed by atoms with van der Waals surface area (Å²) in [5.41, 5.74) is 10.9. The second-order valence-corrected chi connectivity index (χ2v) is 16.6. The lowest BCUT2D eigenvalue weighted by Crippen LogP contribution is -2.61. The number of nitrogens with two attached hydrogens (primary N) is 2. The number of hydrogen-bond acceptors (Lipinski definition) is 11. The molecule has 0 rings (SSSR count). The first-order chi connectivity index (χ1) is 28.2. The maximum Gasteiger partial charge on any atom is 0.245 e. The van der Waals surface area contributed by atoms with Gasteiger partial charge >= 0.3 is 0 Å². The third kappa shape index (κ3) is 22.7. The van der Waals surface area contributed by atoms with Crippen molar-refractivity contribution in [3.63, 3.8) is 0 Å². The standard InChI is InChI=1S/C39H72N12O10/c1-12-27(46-38(61)31(25(7)53)50-33(56)23(5)44-26(8)54)34(57)49-30(21(2)3)37(60)45-24(6)32(55)47-29(17-15-18-42-39(40)41)36(59)48-28(35(58)43-22(4)20-52)16-13-14-19-51(9,10)11/h20-25,27-31,53H,12-19H2,1-11H3,(H11-,40,41,42,43,44,45,46,47,48,49,50,54,55,56,57,58,59,60,61)/p+1/t22-,23-,24-,25+,27-,28-,29-,30-,31-/m0/s1. The van der Waals surface area contributed by atoms with Crippen molar-refractivity contribution in [3.8, 4) is 0 Å². The summed E-state index contributed by atoms with van der Waals surface area (Å²) in [4.78, 5) is 120. The van der Waals surface area contributed by atoms with E-state index in [-0.39, 0.29) is 38.2 Å². The number of nitrogens with one attached hydrogen (secondary N) is 8. The van der Waals surface area contributed by atoms with E-state index in [2.05, 4.69) is 47.5 Å². The topological polar surface area (TPSA) is 334 Å². The van der Waals surface area contributed by atoms with Gasteiger partial charge in [0.1, 0.15) is 48.6 Å². The van der Waals surface area contributed by atoms with Gasteiger partial charge in [0, 0.05) is 13.5 Å². The lowest BCUT2D eigenvalue weighted by atomic mass is 10.0. The van der Waals surface area contributed by atoms with Crippen molar-refractivity contribution < 1.29 is 52.7 Å². The Bertz CT molecular complexity index is 1530. The van der Waals surface area contributed by atoms with Crippen LogP contribution in [0, 0.1) is 5.92 Å². The van der Waals surface area contributed by atoms with E-state index in [9.17, 15) is 48.3 Å². The van der Waals surface area contributed by atoms with E-state index >= 15 is 0 Å². The average molecular weight is 870 g/mol. The van der Waals surface area contributed by atoms with Gasteiger partial charge in [-0.1, -0.05) is 20.8 Å². The number of carbonyl (C=O) groups excluding carboxylic acids is 9. The molecule has 348 valence electrons. The molecule has 0 radical (unpaired) electrons. The molecule has 0 aromatic carbocycles. The summed E-state index contributed by atoms with van der Waals surface area (Å²) in [6, 6.07) is -9.20. The summed E-state index contributed by atoms with van der Waals surface area (Å²) < 4.78 is 0.697. The average Bonchev–Trinajstić information content (AvgIpc) is 3.15. The van der Waals surface area contributed by atoms with Crippen molar-refractivity contribution in [2.45, 2.75) is 148 Å². The highest BCUT2D eigenvalue weighted by atomic mass is 16.3. The zero-order chi connectivity index (χ0) is 47.2. The number of carbonyl (C=O) groups is 9. The normalized spacial score (nSPS) is 15.7. The number of nitrogens with zero attached hydrogens (tertiary/aromatic N) is 2. The van der Waals surface area contributed by atoms with E-state index in [0.717, 1.165) is 13.0 Å². The minimum atomic E-state index is -1.49. The van der Waals surface area contributed by atoms with Crippen LogP contribution in [0.4, 0.5) is 0 Å². The van der Waals surface area contributed by atoms with Gasteiger partial charge in [0.25, 0.3) is 0 Å². The molecule has 0 aliphatic carbocycles. The molecule has 22 nitrogen and oxygen atoms in total. The molecule has 13 N–H and O–H groups in total. The van der Waals surface area contributed by atoms with Crippen LogP contribution in [0.1, 0.15) is 93.9 Å². The van der Waals surface area contributed by atoms with Crippen molar-refractivity contribution in [3.05, 3.63) is 0 Å². The molecular formula is C39H73N12O10+. The largest absolute Gasteiger partial charge is 0.391 e. The van der Waals surface area contributed by atoms with Crippen LogP contribution in [0.3, 0.4) is 0 Å². The number of unbranched alkanes of at least 4 members (excludes halogenated alkanes) is 1. The van der Waals surface area contributed by atoms with Crippen LogP contribution in [0.15, 0.2) is 4.99 Å². The molecule has 22 heteroatoms. The first-order valence-electron chi connectivity index (χ1n) is 20.6. The molecule has 61 heavy (non-hydrogen) atoms. The minimum absolute atomic E-state index is 0.0400. The monoisotopic (exact) mass is 870 g/mol. The third-order valence-electron chi connectivity index (χ3n) is 9.27. The van der Waals surface area contributed by atoms with E-state index in [4.69, 9.17) is 11.5 Å². The fourth-order valence-corrected chi connectivity index (χ4v) is 5.73. The van der Waals surface area contributed by atoms with Crippen LogP contribution in [0.2, 0.25) is 0 Å². The summed E-state index contributed by atoms with van der Waals surface area (Å²) in [6.45, 7) is 12.5. The molecule has 0 bridgehead atoms. The number of aliphatic hydroxyl groups is 1. The van der Waals surface area contributed by atoms with Crippen LogP contribution >= 0.6 is 0 Å². The Hall–Kier alpha value is -5.38. The molecular weight excluding hydrogens is 797 g/mol. The summed E-state index contributed by atoms with van der Waals surface area (Å²) in [5, 5.41) is 30.5. The number of hydrogen-bond donors (Lipinski definition) is 11. The van der Waals surface area contributed by atoms with Crippen molar-refractivity contribution >= 4 is 59.5 Å². The van der Waals surface area contributed by atoms with Gasteiger partial charge in [-0.25, -0.2) is 0 Å². The first-order valence-corrected chi connectivity index (χ1v) is 20.6. The van der Waals surface area contributed by atoms with E-state index in [0.29, 0.717) is 17.2 Å². The Labute approximate surface area is 359 Å². The predicted octanol–water partition coefficient (Wildman–Crippen LogP) is -3.48. The highest BCUT2D eigenvalue weighted by Gasteiger charge is 2.34. The van der Waals surface area contributed by atoms with Crippen molar-refractivity contribution in [1.82, 2.24) is 42.5 Å². The SMILES string of the molecule is CC[C@H](NC(=O)[C@@H](NC(=O)[C@H](C)NC(C)=O)[C@@H](C)O)C(=O)N[C@H](C(=O)N[C@@H](C)C(=O)N[C@@H](CCCN=C(N)N)C(=O)N[C@@H](CCCC[N+](C)(C)C)C(=O)N[C@@H](C)C=O)C(C)C. The molecule has 0 aliphatic heterocycles. The van der Waals surface area contributed by atoms with Gasteiger partial charge < -0.3 is 68.4 Å². The Balaban J connectivity index is 6.03. The lowest BCUT2D eigenvalue weighted by molar-refractivity contribution is -0.870. The molecule has 0 unspecified atom stereocenters. The minimum Gasteiger partial charge on any atom is -0.391 e. The van der Waals surface area contributed by atoms with Gasteiger partial charge in [0.2, 0.25) is 47.3 Å². The Morgan fingerprint density at radius 3 is 1.56 bits per heavy atom. The molecule has 0 aromatic heterocycles. The highest BCUT2D eigenvalue weighted by molar-refractivity contribution is 5.97. The van der Waals surface area contributed by atoms with E-state index in [1.807, 2.05) is 21.1 Å². The summed E-state index contributed by atoms with van der Waals surface area (Å²) in [7, 11) is 6.09. The maximum atomic E-state index is 13.7. The molecule has 0 aliphatic rings. The van der Waals surface area contributed by atoms with Gasteiger partial charge in [-0.15, -0.1) is 0 Å².